The molecule has 0 radical (unpaired) electrons. The van der Waals surface area contributed by atoms with Gasteiger partial charge in [0.2, 0.25) is 11.5 Å². The molecular formula is C15H15NO5. The van der Waals surface area contributed by atoms with Gasteiger partial charge in [0.05, 0.1) is 19.1 Å². The molecule has 2 rings (SSSR count). The Hall–Kier alpha value is -2.76. The molecule has 110 valence electrons. The number of nitro benzene ring substituents is 1. The lowest BCUT2D eigenvalue weighted by atomic mass is 10.2. The lowest BCUT2D eigenvalue weighted by molar-refractivity contribution is -0.386. The molecule has 0 spiro atoms. The van der Waals surface area contributed by atoms with Crippen molar-refractivity contribution in [3.05, 3.63) is 58.1 Å². The molecule has 6 heteroatoms. The van der Waals surface area contributed by atoms with Gasteiger partial charge in [-0.1, -0.05) is 18.2 Å². The Bertz CT molecular complexity index is 624. The van der Waals surface area contributed by atoms with Gasteiger partial charge in [0.15, 0.2) is 0 Å². The monoisotopic (exact) mass is 289 g/mol. The first kappa shape index (κ1) is 14.6. The average Bonchev–Trinajstić information content (AvgIpc) is 2.52. The summed E-state index contributed by atoms with van der Waals surface area (Å²) in [7, 11) is 2.97. The summed E-state index contributed by atoms with van der Waals surface area (Å²) < 4.78 is 15.6. The molecule has 0 N–H and O–H groups in total. The van der Waals surface area contributed by atoms with Gasteiger partial charge in [0.25, 0.3) is 0 Å². The fourth-order valence-electron chi connectivity index (χ4n) is 1.85. The standard InChI is InChI=1S/C15H15NO5/c1-19-12-8-6-11(7-9-12)10-21-14-5-3-4-13(20-2)15(14)16(17)18/h3-9H,10H2,1-2H3. The number of methoxy groups -OCH3 is 2. The molecule has 6 nitrogen and oxygen atoms in total. The third kappa shape index (κ3) is 3.42. The topological polar surface area (TPSA) is 70.8 Å². The SMILES string of the molecule is COc1ccc(COc2cccc(OC)c2[N+](=O)[O-])cc1. The van der Waals surface area contributed by atoms with Crippen LogP contribution >= 0.6 is 0 Å². The summed E-state index contributed by atoms with van der Waals surface area (Å²) in [6, 6.07) is 12.0. The van der Waals surface area contributed by atoms with Crippen molar-refractivity contribution in [3.8, 4) is 17.2 Å². The van der Waals surface area contributed by atoms with Crippen LogP contribution in [0.15, 0.2) is 42.5 Å². The number of nitro groups is 1. The van der Waals surface area contributed by atoms with Crippen molar-refractivity contribution >= 4 is 5.69 Å². The lowest BCUT2D eigenvalue weighted by Gasteiger charge is -2.09. The average molecular weight is 289 g/mol. The predicted octanol–water partition coefficient (Wildman–Crippen LogP) is 3.19. The van der Waals surface area contributed by atoms with Crippen molar-refractivity contribution in [2.45, 2.75) is 6.61 Å². The second-order valence-electron chi connectivity index (χ2n) is 4.20. The number of hydrogen-bond donors (Lipinski definition) is 0. The van der Waals surface area contributed by atoms with E-state index in [-0.39, 0.29) is 23.8 Å². The van der Waals surface area contributed by atoms with Crippen LogP contribution in [0.3, 0.4) is 0 Å². The molecule has 2 aromatic rings. The minimum atomic E-state index is -0.512. The van der Waals surface area contributed by atoms with Crippen LogP contribution in [0, 0.1) is 10.1 Å². The second kappa shape index (κ2) is 6.60. The number of nitrogens with zero attached hydrogens (tertiary/aromatic N) is 1. The molecule has 0 aromatic heterocycles. The normalized spacial score (nSPS) is 10.0. The Kier molecular flexibility index (Phi) is 4.61. The zero-order valence-electron chi connectivity index (χ0n) is 11.7. The van der Waals surface area contributed by atoms with Gasteiger partial charge in [0, 0.05) is 0 Å². The van der Waals surface area contributed by atoms with E-state index < -0.39 is 4.92 Å². The van der Waals surface area contributed by atoms with Crippen molar-refractivity contribution in [1.82, 2.24) is 0 Å². The van der Waals surface area contributed by atoms with E-state index in [9.17, 15) is 10.1 Å². The second-order valence-corrected chi connectivity index (χ2v) is 4.20. The Labute approximate surface area is 122 Å². The Morgan fingerprint density at radius 2 is 1.67 bits per heavy atom. The molecule has 0 aliphatic heterocycles. The van der Waals surface area contributed by atoms with Crippen LogP contribution < -0.4 is 14.2 Å². The van der Waals surface area contributed by atoms with Gasteiger partial charge in [-0.25, -0.2) is 0 Å². The fourth-order valence-corrected chi connectivity index (χ4v) is 1.85. The van der Waals surface area contributed by atoms with Crippen LogP contribution in [-0.4, -0.2) is 19.1 Å². The molecule has 0 aliphatic rings. The summed E-state index contributed by atoms with van der Waals surface area (Å²) in [5.41, 5.74) is 0.710. The first-order valence-corrected chi connectivity index (χ1v) is 6.23. The summed E-state index contributed by atoms with van der Waals surface area (Å²) in [5, 5.41) is 11.1. The summed E-state index contributed by atoms with van der Waals surface area (Å²) in [6.45, 7) is 0.220. The van der Waals surface area contributed by atoms with E-state index in [1.807, 2.05) is 12.1 Å². The van der Waals surface area contributed by atoms with Crippen molar-refractivity contribution in [2.24, 2.45) is 0 Å². The van der Waals surface area contributed by atoms with Gasteiger partial charge in [-0.3, -0.25) is 10.1 Å². The number of para-hydroxylation sites is 1. The number of hydrogen-bond acceptors (Lipinski definition) is 5. The molecular weight excluding hydrogens is 274 g/mol. The zero-order valence-corrected chi connectivity index (χ0v) is 11.7. The third-order valence-electron chi connectivity index (χ3n) is 2.92. The van der Waals surface area contributed by atoms with Gasteiger partial charge < -0.3 is 14.2 Å². The maximum atomic E-state index is 11.1. The van der Waals surface area contributed by atoms with Crippen LogP contribution in [0.25, 0.3) is 0 Å². The number of ether oxygens (including phenoxy) is 3. The van der Waals surface area contributed by atoms with E-state index in [2.05, 4.69) is 0 Å². The largest absolute Gasteiger partial charge is 0.497 e. The highest BCUT2D eigenvalue weighted by atomic mass is 16.6. The van der Waals surface area contributed by atoms with Crippen molar-refractivity contribution in [1.29, 1.82) is 0 Å². The molecule has 0 fully saturated rings. The quantitative estimate of drug-likeness (QED) is 0.603. The Morgan fingerprint density at radius 3 is 2.24 bits per heavy atom. The summed E-state index contributed by atoms with van der Waals surface area (Å²) in [6.07, 6.45) is 0. The molecule has 0 unspecified atom stereocenters. The van der Waals surface area contributed by atoms with Crippen molar-refractivity contribution in [2.75, 3.05) is 14.2 Å². The van der Waals surface area contributed by atoms with Crippen LogP contribution in [0.1, 0.15) is 5.56 Å². The summed E-state index contributed by atoms with van der Waals surface area (Å²) in [5.74, 6) is 1.09. The molecule has 21 heavy (non-hydrogen) atoms. The molecule has 2 aromatic carbocycles. The Morgan fingerprint density at radius 1 is 1.00 bits per heavy atom. The fraction of sp³-hybridized carbons (Fsp3) is 0.200. The smallest absolute Gasteiger partial charge is 0.352 e. The minimum absolute atomic E-state index is 0.173. The molecule has 0 saturated carbocycles. The van der Waals surface area contributed by atoms with Gasteiger partial charge in [-0.15, -0.1) is 0 Å². The Balaban J connectivity index is 2.17. The third-order valence-corrected chi connectivity index (χ3v) is 2.92. The zero-order chi connectivity index (χ0) is 15.2. The number of benzene rings is 2. The highest BCUT2D eigenvalue weighted by molar-refractivity contribution is 5.57. The van der Waals surface area contributed by atoms with Crippen LogP contribution in [0.2, 0.25) is 0 Å². The van der Waals surface area contributed by atoms with Crippen LogP contribution in [0.4, 0.5) is 5.69 Å². The lowest BCUT2D eigenvalue weighted by Crippen LogP contribution is -2.01. The van der Waals surface area contributed by atoms with E-state index in [1.165, 1.54) is 13.2 Å². The molecule has 0 bridgehead atoms. The molecule has 0 atom stereocenters. The highest BCUT2D eigenvalue weighted by Crippen LogP contribution is 2.36. The van der Waals surface area contributed by atoms with E-state index in [1.54, 1.807) is 31.4 Å². The molecule has 0 amide bonds. The predicted molar refractivity (Wildman–Crippen MR) is 77.0 cm³/mol. The maximum Gasteiger partial charge on any atom is 0.352 e. The summed E-state index contributed by atoms with van der Waals surface area (Å²) in [4.78, 5) is 10.6. The van der Waals surface area contributed by atoms with E-state index in [0.717, 1.165) is 11.3 Å². The maximum absolute atomic E-state index is 11.1. The molecule has 0 saturated heterocycles. The van der Waals surface area contributed by atoms with Crippen molar-refractivity contribution < 1.29 is 19.1 Å². The van der Waals surface area contributed by atoms with Gasteiger partial charge in [-0.2, -0.15) is 0 Å². The summed E-state index contributed by atoms with van der Waals surface area (Å²) >= 11 is 0. The van der Waals surface area contributed by atoms with Gasteiger partial charge in [-0.05, 0) is 29.8 Å². The first-order chi connectivity index (χ1) is 10.2. The minimum Gasteiger partial charge on any atom is -0.497 e. The van der Waals surface area contributed by atoms with Gasteiger partial charge in [0.1, 0.15) is 12.4 Å². The van der Waals surface area contributed by atoms with E-state index in [0.29, 0.717) is 0 Å². The van der Waals surface area contributed by atoms with Crippen LogP contribution in [-0.2, 0) is 6.61 Å². The molecule has 0 heterocycles. The highest BCUT2D eigenvalue weighted by Gasteiger charge is 2.21. The van der Waals surface area contributed by atoms with Crippen LogP contribution in [0.5, 0.6) is 17.2 Å². The van der Waals surface area contributed by atoms with E-state index in [4.69, 9.17) is 14.2 Å². The first-order valence-electron chi connectivity index (χ1n) is 6.23. The van der Waals surface area contributed by atoms with Crippen molar-refractivity contribution in [3.63, 3.8) is 0 Å². The van der Waals surface area contributed by atoms with Gasteiger partial charge >= 0.3 is 5.69 Å². The molecule has 0 aliphatic carbocycles. The van der Waals surface area contributed by atoms with E-state index >= 15 is 0 Å². The number of rotatable bonds is 6.